The van der Waals surface area contributed by atoms with Crippen molar-refractivity contribution in [1.82, 2.24) is 10.2 Å². The summed E-state index contributed by atoms with van der Waals surface area (Å²) in [4.78, 5) is 15.3. The van der Waals surface area contributed by atoms with Crippen LogP contribution in [0.3, 0.4) is 0 Å². The zero-order chi connectivity index (χ0) is 16.2. The molecule has 5 heteroatoms. The number of likely N-dealkylation sites (tertiary alicyclic amines) is 1. The van der Waals surface area contributed by atoms with Gasteiger partial charge in [-0.2, -0.15) is 0 Å². The van der Waals surface area contributed by atoms with Crippen LogP contribution in [0, 0.1) is 0 Å². The van der Waals surface area contributed by atoms with E-state index in [2.05, 4.69) is 23.7 Å². The molecule has 1 amide bonds. The van der Waals surface area contributed by atoms with Gasteiger partial charge >= 0.3 is 6.09 Å². The van der Waals surface area contributed by atoms with Crippen LogP contribution in [-0.4, -0.2) is 35.7 Å². The second kappa shape index (κ2) is 7.47. The van der Waals surface area contributed by atoms with E-state index in [1.165, 1.54) is 10.4 Å². The molecule has 124 valence electrons. The highest BCUT2D eigenvalue weighted by Crippen LogP contribution is 2.19. The molecule has 1 saturated heterocycles. The molecule has 0 aliphatic carbocycles. The van der Waals surface area contributed by atoms with Gasteiger partial charge in [-0.3, -0.25) is 0 Å². The lowest BCUT2D eigenvalue weighted by Gasteiger charge is -2.33. The molecule has 2 rings (SSSR count). The van der Waals surface area contributed by atoms with Crippen molar-refractivity contribution in [3.8, 4) is 0 Å². The summed E-state index contributed by atoms with van der Waals surface area (Å²) in [7, 11) is 0. The van der Waals surface area contributed by atoms with Crippen LogP contribution in [0.4, 0.5) is 4.79 Å². The molecule has 22 heavy (non-hydrogen) atoms. The Morgan fingerprint density at radius 3 is 2.68 bits per heavy atom. The Balaban J connectivity index is 1.74. The number of nitrogens with one attached hydrogen (secondary N) is 1. The first-order valence-corrected chi connectivity index (χ1v) is 9.03. The van der Waals surface area contributed by atoms with Crippen molar-refractivity contribution >= 4 is 17.4 Å². The van der Waals surface area contributed by atoms with Gasteiger partial charge in [-0.25, -0.2) is 4.79 Å². The van der Waals surface area contributed by atoms with Crippen molar-refractivity contribution in [2.24, 2.45) is 0 Å². The molecule has 1 aromatic rings. The van der Waals surface area contributed by atoms with Gasteiger partial charge in [0.2, 0.25) is 0 Å². The van der Waals surface area contributed by atoms with E-state index >= 15 is 0 Å². The van der Waals surface area contributed by atoms with E-state index in [-0.39, 0.29) is 6.09 Å². The number of hydrogen-bond acceptors (Lipinski definition) is 4. The fraction of sp³-hybridized carbons (Fsp3) is 0.706. The number of rotatable bonds is 4. The van der Waals surface area contributed by atoms with Gasteiger partial charge in [-0.05, 0) is 57.0 Å². The Kier molecular flexibility index (Phi) is 5.87. The Labute approximate surface area is 137 Å². The number of piperidine rings is 1. The van der Waals surface area contributed by atoms with Gasteiger partial charge in [0, 0.05) is 30.6 Å². The zero-order valence-corrected chi connectivity index (χ0v) is 15.0. The Morgan fingerprint density at radius 1 is 1.41 bits per heavy atom. The predicted molar refractivity (Wildman–Crippen MR) is 91.4 cm³/mol. The van der Waals surface area contributed by atoms with Crippen molar-refractivity contribution in [3.63, 3.8) is 0 Å². The Hall–Kier alpha value is -1.07. The standard InChI is InChI=1S/C17H28N2O2S/c1-5-13-8-11-22-15(13)12-18-14-6-9-19(10-7-14)16(20)21-17(2,3)4/h8,11,14,18H,5-7,9-10,12H2,1-4H3. The summed E-state index contributed by atoms with van der Waals surface area (Å²) in [6.07, 6.45) is 2.90. The normalized spacial score (nSPS) is 16.8. The maximum Gasteiger partial charge on any atom is 0.410 e. The third kappa shape index (κ3) is 4.99. The number of thiophene rings is 1. The van der Waals surface area contributed by atoms with Crippen LogP contribution in [0.25, 0.3) is 0 Å². The molecule has 1 aliphatic heterocycles. The number of carbonyl (C=O) groups excluding carboxylic acids is 1. The van der Waals surface area contributed by atoms with Crippen molar-refractivity contribution in [3.05, 3.63) is 21.9 Å². The lowest BCUT2D eigenvalue weighted by Crippen LogP contribution is -2.46. The number of aryl methyl sites for hydroxylation is 1. The van der Waals surface area contributed by atoms with E-state index in [4.69, 9.17) is 4.74 Å². The molecule has 1 N–H and O–H groups in total. The second-order valence-corrected chi connectivity index (χ2v) is 7.85. The summed E-state index contributed by atoms with van der Waals surface area (Å²) in [6.45, 7) is 10.4. The van der Waals surface area contributed by atoms with E-state index < -0.39 is 5.60 Å². The van der Waals surface area contributed by atoms with Gasteiger partial charge in [0.1, 0.15) is 5.60 Å². The van der Waals surface area contributed by atoms with Crippen LogP contribution in [0.2, 0.25) is 0 Å². The highest BCUT2D eigenvalue weighted by molar-refractivity contribution is 7.10. The monoisotopic (exact) mass is 324 g/mol. The van der Waals surface area contributed by atoms with E-state index in [9.17, 15) is 4.79 Å². The minimum Gasteiger partial charge on any atom is -0.444 e. The maximum absolute atomic E-state index is 12.0. The van der Waals surface area contributed by atoms with Crippen LogP contribution in [0.15, 0.2) is 11.4 Å². The number of amides is 1. The summed E-state index contributed by atoms with van der Waals surface area (Å²) < 4.78 is 5.43. The topological polar surface area (TPSA) is 41.6 Å². The van der Waals surface area contributed by atoms with Gasteiger partial charge in [0.05, 0.1) is 0 Å². The van der Waals surface area contributed by atoms with Crippen LogP contribution in [0.5, 0.6) is 0 Å². The molecule has 0 aromatic carbocycles. The van der Waals surface area contributed by atoms with Crippen LogP contribution < -0.4 is 5.32 Å². The minimum atomic E-state index is -0.415. The molecule has 1 fully saturated rings. The average molecular weight is 324 g/mol. The van der Waals surface area contributed by atoms with Crippen molar-refractivity contribution in [1.29, 1.82) is 0 Å². The Morgan fingerprint density at radius 2 is 2.09 bits per heavy atom. The quantitative estimate of drug-likeness (QED) is 0.916. The highest BCUT2D eigenvalue weighted by Gasteiger charge is 2.26. The van der Waals surface area contributed by atoms with Gasteiger partial charge in [0.15, 0.2) is 0 Å². The molecule has 1 aliphatic rings. The van der Waals surface area contributed by atoms with Crippen molar-refractivity contribution < 1.29 is 9.53 Å². The average Bonchev–Trinajstić information content (AvgIpc) is 2.91. The molecule has 0 atom stereocenters. The smallest absolute Gasteiger partial charge is 0.410 e. The van der Waals surface area contributed by atoms with Crippen LogP contribution in [-0.2, 0) is 17.7 Å². The van der Waals surface area contributed by atoms with Gasteiger partial charge in [-0.1, -0.05) is 6.92 Å². The first kappa shape index (κ1) is 17.3. The van der Waals surface area contributed by atoms with E-state index in [0.717, 1.165) is 38.9 Å². The lowest BCUT2D eigenvalue weighted by molar-refractivity contribution is 0.0198. The molecular formula is C17H28N2O2S. The third-order valence-corrected chi connectivity index (χ3v) is 4.88. The highest BCUT2D eigenvalue weighted by atomic mass is 32.1. The van der Waals surface area contributed by atoms with Gasteiger partial charge < -0.3 is 15.0 Å². The molecule has 0 spiro atoms. The molecule has 0 unspecified atom stereocenters. The van der Waals surface area contributed by atoms with E-state index in [0.29, 0.717) is 6.04 Å². The van der Waals surface area contributed by atoms with E-state index in [1.807, 2.05) is 37.0 Å². The molecule has 2 heterocycles. The van der Waals surface area contributed by atoms with Crippen LogP contribution in [0.1, 0.15) is 51.0 Å². The molecule has 4 nitrogen and oxygen atoms in total. The predicted octanol–water partition coefficient (Wildman–Crippen LogP) is 3.80. The SMILES string of the molecule is CCc1ccsc1CNC1CCN(C(=O)OC(C)(C)C)CC1. The fourth-order valence-electron chi connectivity index (χ4n) is 2.67. The summed E-state index contributed by atoms with van der Waals surface area (Å²) in [6, 6.07) is 2.71. The maximum atomic E-state index is 12.0. The molecular weight excluding hydrogens is 296 g/mol. The first-order chi connectivity index (χ1) is 10.4. The molecule has 1 aromatic heterocycles. The van der Waals surface area contributed by atoms with Crippen LogP contribution >= 0.6 is 11.3 Å². The number of carbonyl (C=O) groups is 1. The van der Waals surface area contributed by atoms with Gasteiger partial charge in [-0.15, -0.1) is 11.3 Å². The van der Waals surface area contributed by atoms with Crippen molar-refractivity contribution in [2.45, 2.75) is 65.1 Å². The second-order valence-electron chi connectivity index (χ2n) is 6.85. The number of nitrogens with zero attached hydrogens (tertiary/aromatic N) is 1. The van der Waals surface area contributed by atoms with Gasteiger partial charge in [0.25, 0.3) is 0 Å². The molecule has 0 radical (unpaired) electrons. The zero-order valence-electron chi connectivity index (χ0n) is 14.1. The summed E-state index contributed by atoms with van der Waals surface area (Å²) >= 11 is 1.83. The molecule has 0 bridgehead atoms. The lowest BCUT2D eigenvalue weighted by atomic mass is 10.1. The summed E-state index contributed by atoms with van der Waals surface area (Å²) in [5.41, 5.74) is 1.03. The van der Waals surface area contributed by atoms with E-state index in [1.54, 1.807) is 0 Å². The summed E-state index contributed by atoms with van der Waals surface area (Å²) in [5.74, 6) is 0. The summed E-state index contributed by atoms with van der Waals surface area (Å²) in [5, 5.41) is 5.81. The fourth-order valence-corrected chi connectivity index (χ4v) is 3.59. The number of ether oxygens (including phenoxy) is 1. The van der Waals surface area contributed by atoms with Crippen molar-refractivity contribution in [2.75, 3.05) is 13.1 Å². The Bertz CT molecular complexity index is 485. The minimum absolute atomic E-state index is 0.183. The largest absolute Gasteiger partial charge is 0.444 e. The first-order valence-electron chi connectivity index (χ1n) is 8.15. The number of hydrogen-bond donors (Lipinski definition) is 1. The molecule has 0 saturated carbocycles. The third-order valence-electron chi connectivity index (χ3n) is 3.92.